The lowest BCUT2D eigenvalue weighted by Gasteiger charge is -2.40. The number of nitrogens with zero attached hydrogens (tertiary/aromatic N) is 4. The van der Waals surface area contributed by atoms with Crippen LogP contribution in [0.1, 0.15) is 30.3 Å². The van der Waals surface area contributed by atoms with Crippen LogP contribution in [0, 0.1) is 0 Å². The minimum Gasteiger partial charge on any atom is -0.497 e. The zero-order chi connectivity index (χ0) is 18.3. The van der Waals surface area contributed by atoms with Crippen LogP contribution in [0.4, 0.5) is 0 Å². The summed E-state index contributed by atoms with van der Waals surface area (Å²) in [5, 5.41) is 14.9. The molecule has 1 aliphatic heterocycles. The van der Waals surface area contributed by atoms with Crippen molar-refractivity contribution >= 4 is 16.3 Å². The molecule has 0 spiro atoms. The Labute approximate surface area is 155 Å². The lowest BCUT2D eigenvalue weighted by Crippen LogP contribution is -2.47. The maximum Gasteiger partial charge on any atom is 0.230 e. The van der Waals surface area contributed by atoms with Crippen molar-refractivity contribution in [2.75, 3.05) is 20.2 Å². The van der Waals surface area contributed by atoms with Crippen LogP contribution < -0.4 is 4.74 Å². The van der Waals surface area contributed by atoms with Gasteiger partial charge in [-0.25, -0.2) is 4.98 Å². The fourth-order valence-electron chi connectivity index (χ4n) is 3.64. The van der Waals surface area contributed by atoms with Crippen molar-refractivity contribution in [1.29, 1.82) is 0 Å². The van der Waals surface area contributed by atoms with Crippen molar-refractivity contribution < 1.29 is 14.6 Å². The number of aromatic nitrogens is 3. The molecule has 26 heavy (non-hydrogen) atoms. The predicted molar refractivity (Wildman–Crippen MR) is 98.9 cm³/mol. The summed E-state index contributed by atoms with van der Waals surface area (Å²) >= 11 is 1.46. The lowest BCUT2D eigenvalue weighted by molar-refractivity contribution is -0.0764. The molecule has 1 aliphatic rings. The number of ether oxygens (including phenoxy) is 2. The summed E-state index contributed by atoms with van der Waals surface area (Å²) in [6.45, 7) is 5.71. The standard InChI is InChI=1S/C18H22N4O3S/c1-11-8-21(9-12(2)25-11)15(13-5-4-6-14(7-13)24-3)16-17(23)22-18(26-16)19-10-20-22/h4-7,10-12,15,23H,8-9H2,1-3H3/t11-,12-,15-/m0/s1. The molecule has 3 heterocycles. The van der Waals surface area contributed by atoms with Gasteiger partial charge in [0.2, 0.25) is 10.8 Å². The van der Waals surface area contributed by atoms with Gasteiger partial charge in [0.05, 0.1) is 30.2 Å². The predicted octanol–water partition coefficient (Wildman–Crippen LogP) is 2.70. The van der Waals surface area contributed by atoms with Gasteiger partial charge in [0.25, 0.3) is 0 Å². The maximum atomic E-state index is 10.8. The molecule has 1 N–H and O–H groups in total. The van der Waals surface area contributed by atoms with Gasteiger partial charge < -0.3 is 14.6 Å². The number of fused-ring (bicyclic) bond motifs is 1. The van der Waals surface area contributed by atoms with Crippen LogP contribution in [0.5, 0.6) is 11.6 Å². The van der Waals surface area contributed by atoms with Gasteiger partial charge in [0.1, 0.15) is 12.1 Å². The molecule has 1 aromatic carbocycles. The summed E-state index contributed by atoms with van der Waals surface area (Å²) in [5.74, 6) is 0.933. The summed E-state index contributed by atoms with van der Waals surface area (Å²) in [5.41, 5.74) is 1.06. The monoisotopic (exact) mass is 374 g/mol. The van der Waals surface area contributed by atoms with E-state index in [-0.39, 0.29) is 24.1 Å². The quantitative estimate of drug-likeness (QED) is 0.757. The van der Waals surface area contributed by atoms with Crippen molar-refractivity contribution in [3.63, 3.8) is 0 Å². The van der Waals surface area contributed by atoms with E-state index in [4.69, 9.17) is 9.47 Å². The Bertz CT molecular complexity index is 899. The van der Waals surface area contributed by atoms with Crippen molar-refractivity contribution in [1.82, 2.24) is 19.5 Å². The number of rotatable bonds is 4. The highest BCUT2D eigenvalue weighted by atomic mass is 32.1. The Morgan fingerprint density at radius 3 is 2.77 bits per heavy atom. The van der Waals surface area contributed by atoms with Crippen LogP contribution in [0.3, 0.4) is 0 Å². The maximum absolute atomic E-state index is 10.8. The Morgan fingerprint density at radius 2 is 2.08 bits per heavy atom. The van der Waals surface area contributed by atoms with E-state index in [1.54, 1.807) is 7.11 Å². The fourth-order valence-corrected chi connectivity index (χ4v) is 4.73. The Balaban J connectivity index is 1.83. The molecule has 3 aromatic rings. The minimum absolute atomic E-state index is 0.118. The number of hydrogen-bond donors (Lipinski definition) is 1. The van der Waals surface area contributed by atoms with E-state index in [0.717, 1.165) is 29.3 Å². The normalized spacial score (nSPS) is 22.6. The number of thiazole rings is 1. The van der Waals surface area contributed by atoms with Crippen LogP contribution >= 0.6 is 11.3 Å². The molecular weight excluding hydrogens is 352 g/mol. The number of benzene rings is 1. The zero-order valence-electron chi connectivity index (χ0n) is 15.0. The molecule has 2 aromatic heterocycles. The molecule has 0 saturated carbocycles. The third-order valence-electron chi connectivity index (χ3n) is 4.61. The molecule has 0 radical (unpaired) electrons. The highest BCUT2D eigenvalue weighted by Crippen LogP contribution is 2.41. The third kappa shape index (κ3) is 3.04. The first kappa shape index (κ1) is 17.3. The van der Waals surface area contributed by atoms with Crippen LogP contribution in [-0.4, -0.2) is 57.0 Å². The first-order valence-electron chi connectivity index (χ1n) is 8.61. The van der Waals surface area contributed by atoms with Gasteiger partial charge in [0.15, 0.2) is 0 Å². The Kier molecular flexibility index (Phi) is 4.56. The molecule has 8 heteroatoms. The number of hydrogen-bond acceptors (Lipinski definition) is 7. The van der Waals surface area contributed by atoms with Crippen LogP contribution in [0.15, 0.2) is 30.6 Å². The van der Waals surface area contributed by atoms with E-state index >= 15 is 0 Å². The van der Waals surface area contributed by atoms with Gasteiger partial charge >= 0.3 is 0 Å². The van der Waals surface area contributed by atoms with Crippen molar-refractivity contribution in [2.45, 2.75) is 32.1 Å². The first-order valence-corrected chi connectivity index (χ1v) is 9.43. The second-order valence-corrected chi connectivity index (χ2v) is 7.64. The van der Waals surface area contributed by atoms with E-state index in [1.165, 1.54) is 22.2 Å². The van der Waals surface area contributed by atoms with E-state index in [0.29, 0.717) is 4.96 Å². The Hall–Kier alpha value is -2.16. The van der Waals surface area contributed by atoms with Gasteiger partial charge in [-0.2, -0.15) is 9.61 Å². The molecule has 138 valence electrons. The zero-order valence-corrected chi connectivity index (χ0v) is 15.8. The van der Waals surface area contributed by atoms with Gasteiger partial charge in [-0.05, 0) is 31.5 Å². The van der Waals surface area contributed by atoms with E-state index in [9.17, 15) is 5.11 Å². The van der Waals surface area contributed by atoms with Crippen LogP contribution in [0.25, 0.3) is 4.96 Å². The highest BCUT2D eigenvalue weighted by molar-refractivity contribution is 7.17. The van der Waals surface area contributed by atoms with Gasteiger partial charge in [0, 0.05) is 13.1 Å². The van der Waals surface area contributed by atoms with Crippen molar-refractivity contribution in [2.24, 2.45) is 0 Å². The second kappa shape index (κ2) is 6.86. The second-order valence-electron chi connectivity index (χ2n) is 6.63. The molecule has 3 atom stereocenters. The summed E-state index contributed by atoms with van der Waals surface area (Å²) in [6.07, 6.45) is 1.70. The number of methoxy groups -OCH3 is 1. The average Bonchev–Trinajstić information content (AvgIpc) is 3.19. The molecule has 1 saturated heterocycles. The molecular formula is C18H22N4O3S. The van der Waals surface area contributed by atoms with Gasteiger partial charge in [-0.3, -0.25) is 4.90 Å². The molecule has 0 bridgehead atoms. The fraction of sp³-hybridized carbons (Fsp3) is 0.444. The van der Waals surface area contributed by atoms with E-state index < -0.39 is 0 Å². The summed E-state index contributed by atoms with van der Waals surface area (Å²) < 4.78 is 12.8. The largest absolute Gasteiger partial charge is 0.497 e. The van der Waals surface area contributed by atoms with E-state index in [2.05, 4.69) is 34.9 Å². The summed E-state index contributed by atoms with van der Waals surface area (Å²) in [7, 11) is 1.66. The lowest BCUT2D eigenvalue weighted by atomic mass is 10.0. The molecule has 0 aliphatic carbocycles. The molecule has 1 fully saturated rings. The first-order chi connectivity index (χ1) is 12.6. The number of aromatic hydroxyl groups is 1. The molecule has 0 amide bonds. The molecule has 0 unspecified atom stereocenters. The van der Waals surface area contributed by atoms with Crippen LogP contribution in [0.2, 0.25) is 0 Å². The van der Waals surface area contributed by atoms with Gasteiger partial charge in [-0.1, -0.05) is 23.5 Å². The smallest absolute Gasteiger partial charge is 0.230 e. The molecule has 4 rings (SSSR count). The summed E-state index contributed by atoms with van der Waals surface area (Å²) in [6, 6.07) is 7.86. The number of morpholine rings is 1. The van der Waals surface area contributed by atoms with Crippen LogP contribution in [-0.2, 0) is 4.74 Å². The summed E-state index contributed by atoms with van der Waals surface area (Å²) in [4.78, 5) is 8.08. The average molecular weight is 374 g/mol. The van der Waals surface area contributed by atoms with Crippen molar-refractivity contribution in [3.8, 4) is 11.6 Å². The SMILES string of the molecule is COc1cccc([C@@H](c2sc3ncnn3c2O)N2C[C@H](C)O[C@@H](C)C2)c1. The van der Waals surface area contributed by atoms with Crippen molar-refractivity contribution in [3.05, 3.63) is 41.0 Å². The topological polar surface area (TPSA) is 72.1 Å². The van der Waals surface area contributed by atoms with E-state index in [1.807, 2.05) is 18.2 Å². The minimum atomic E-state index is -0.118. The van der Waals surface area contributed by atoms with Gasteiger partial charge in [-0.15, -0.1) is 0 Å². The molecule has 7 nitrogen and oxygen atoms in total. The third-order valence-corrected chi connectivity index (χ3v) is 5.70. The Morgan fingerprint density at radius 1 is 1.31 bits per heavy atom. The highest BCUT2D eigenvalue weighted by Gasteiger charge is 2.34.